The highest BCUT2D eigenvalue weighted by atomic mass is 35.5. The fourth-order valence-corrected chi connectivity index (χ4v) is 3.35. The van der Waals surface area contributed by atoms with E-state index in [1.54, 1.807) is 17.0 Å². The van der Waals surface area contributed by atoms with Crippen LogP contribution in [0.4, 0.5) is 5.69 Å². The number of anilines is 1. The molecule has 0 aromatic heterocycles. The molecule has 6 nitrogen and oxygen atoms in total. The van der Waals surface area contributed by atoms with Crippen molar-refractivity contribution in [2.24, 2.45) is 16.6 Å². The Morgan fingerprint density at radius 3 is 2.84 bits per heavy atom. The standard InChI is InChI=1S/C18H19ClN4O2/c19-13-3-7-15(8-4-13)23-10-12(9-16(23)24)18-21-17(22-25-18)11-1-5-14(20)6-2-11/h1-5,7-8,12,14,17,22H,6,9-10,20H2. The zero-order valence-electron chi connectivity index (χ0n) is 13.6. The van der Waals surface area contributed by atoms with Crippen molar-refractivity contribution in [1.29, 1.82) is 0 Å². The highest BCUT2D eigenvalue weighted by Gasteiger charge is 2.37. The Morgan fingerprint density at radius 1 is 1.32 bits per heavy atom. The van der Waals surface area contributed by atoms with Crippen LogP contribution in [0.25, 0.3) is 0 Å². The molecule has 3 aliphatic rings. The van der Waals surface area contributed by atoms with E-state index in [-0.39, 0.29) is 24.0 Å². The van der Waals surface area contributed by atoms with E-state index in [2.05, 4.69) is 16.5 Å². The second-order valence-electron chi connectivity index (χ2n) is 6.43. The molecule has 0 bridgehead atoms. The van der Waals surface area contributed by atoms with Gasteiger partial charge in [0.1, 0.15) is 0 Å². The van der Waals surface area contributed by atoms with Gasteiger partial charge in [0.05, 0.1) is 5.92 Å². The number of amides is 1. The Kier molecular flexibility index (Phi) is 4.33. The summed E-state index contributed by atoms with van der Waals surface area (Å²) in [7, 11) is 0. The first-order chi connectivity index (χ1) is 12.1. The van der Waals surface area contributed by atoms with Crippen molar-refractivity contribution in [1.82, 2.24) is 5.48 Å². The number of hydroxylamine groups is 1. The van der Waals surface area contributed by atoms with Crippen LogP contribution in [0.5, 0.6) is 0 Å². The van der Waals surface area contributed by atoms with Crippen molar-refractivity contribution >= 4 is 29.1 Å². The van der Waals surface area contributed by atoms with E-state index in [1.807, 2.05) is 24.3 Å². The van der Waals surface area contributed by atoms with Crippen molar-refractivity contribution < 1.29 is 9.63 Å². The van der Waals surface area contributed by atoms with E-state index in [4.69, 9.17) is 22.2 Å². The zero-order valence-corrected chi connectivity index (χ0v) is 14.3. The van der Waals surface area contributed by atoms with Crippen LogP contribution in [0, 0.1) is 5.92 Å². The fourth-order valence-electron chi connectivity index (χ4n) is 3.23. The number of aliphatic imine (C=N–C) groups is 1. The van der Waals surface area contributed by atoms with Crippen LogP contribution < -0.4 is 16.1 Å². The van der Waals surface area contributed by atoms with E-state index in [0.717, 1.165) is 17.7 Å². The van der Waals surface area contributed by atoms with E-state index in [1.165, 1.54) is 0 Å². The van der Waals surface area contributed by atoms with E-state index in [9.17, 15) is 4.79 Å². The van der Waals surface area contributed by atoms with Crippen LogP contribution in [0.1, 0.15) is 12.8 Å². The van der Waals surface area contributed by atoms with Crippen LogP contribution in [-0.4, -0.2) is 30.6 Å². The number of hydrogen-bond donors (Lipinski definition) is 2. The molecule has 0 saturated carbocycles. The highest BCUT2D eigenvalue weighted by molar-refractivity contribution is 6.30. The number of benzene rings is 1. The number of carbonyl (C=O) groups is 1. The first-order valence-corrected chi connectivity index (χ1v) is 8.68. The molecular weight excluding hydrogens is 340 g/mol. The van der Waals surface area contributed by atoms with Crippen LogP contribution in [0.15, 0.2) is 53.1 Å². The monoisotopic (exact) mass is 358 g/mol. The molecule has 130 valence electrons. The Bertz CT molecular complexity index is 772. The summed E-state index contributed by atoms with van der Waals surface area (Å²) in [6.45, 7) is 0.549. The number of nitrogens with two attached hydrogens (primary N) is 1. The summed E-state index contributed by atoms with van der Waals surface area (Å²) in [4.78, 5) is 24.3. The minimum Gasteiger partial charge on any atom is -0.391 e. The Labute approximate surface area is 150 Å². The lowest BCUT2D eigenvalue weighted by Gasteiger charge is -2.16. The van der Waals surface area contributed by atoms with Gasteiger partial charge in [0.2, 0.25) is 11.8 Å². The van der Waals surface area contributed by atoms with Crippen LogP contribution >= 0.6 is 11.6 Å². The number of carbonyl (C=O) groups excluding carboxylic acids is 1. The van der Waals surface area contributed by atoms with Gasteiger partial charge < -0.3 is 15.5 Å². The van der Waals surface area contributed by atoms with Crippen molar-refractivity contribution in [3.8, 4) is 0 Å². The van der Waals surface area contributed by atoms with Gasteiger partial charge in [-0.2, -0.15) is 0 Å². The van der Waals surface area contributed by atoms with Gasteiger partial charge in [0.25, 0.3) is 0 Å². The Hall–Kier alpha value is -2.15. The lowest BCUT2D eigenvalue weighted by Crippen LogP contribution is -2.27. The molecule has 1 aliphatic carbocycles. The number of halogens is 1. The Morgan fingerprint density at radius 2 is 2.12 bits per heavy atom. The average Bonchev–Trinajstić information content (AvgIpc) is 3.23. The molecule has 1 saturated heterocycles. The molecule has 1 fully saturated rings. The van der Waals surface area contributed by atoms with E-state index in [0.29, 0.717) is 23.9 Å². The molecule has 2 heterocycles. The molecule has 25 heavy (non-hydrogen) atoms. The number of nitrogens with zero attached hydrogens (tertiary/aromatic N) is 2. The second kappa shape index (κ2) is 6.63. The molecule has 3 unspecified atom stereocenters. The van der Waals surface area contributed by atoms with Gasteiger partial charge >= 0.3 is 0 Å². The summed E-state index contributed by atoms with van der Waals surface area (Å²) in [5, 5.41) is 0.649. The van der Waals surface area contributed by atoms with Crippen LogP contribution in [-0.2, 0) is 9.63 Å². The zero-order chi connectivity index (χ0) is 17.4. The van der Waals surface area contributed by atoms with Gasteiger partial charge in [-0.05, 0) is 36.3 Å². The summed E-state index contributed by atoms with van der Waals surface area (Å²) >= 11 is 5.92. The van der Waals surface area contributed by atoms with Gasteiger partial charge in [-0.3, -0.25) is 4.79 Å². The van der Waals surface area contributed by atoms with Gasteiger partial charge in [-0.15, -0.1) is 5.48 Å². The van der Waals surface area contributed by atoms with Crippen LogP contribution in [0.3, 0.4) is 0 Å². The lowest BCUT2D eigenvalue weighted by atomic mass is 10.0. The maximum absolute atomic E-state index is 12.4. The van der Waals surface area contributed by atoms with Crippen molar-refractivity contribution in [2.75, 3.05) is 11.4 Å². The summed E-state index contributed by atoms with van der Waals surface area (Å²) in [5.74, 6) is 0.583. The summed E-state index contributed by atoms with van der Waals surface area (Å²) in [6.07, 6.45) is 6.95. The first-order valence-electron chi connectivity index (χ1n) is 8.30. The summed E-state index contributed by atoms with van der Waals surface area (Å²) < 4.78 is 0. The average molecular weight is 359 g/mol. The van der Waals surface area contributed by atoms with Gasteiger partial charge in [-0.25, -0.2) is 4.99 Å². The third-order valence-electron chi connectivity index (χ3n) is 4.62. The maximum Gasteiger partial charge on any atom is 0.227 e. The molecular formula is C18H19ClN4O2. The SMILES string of the molecule is NC1C=CC(C2N=C(C3CC(=O)N(c4ccc(Cl)cc4)C3)ON2)=CC1. The van der Waals surface area contributed by atoms with E-state index >= 15 is 0 Å². The normalized spacial score (nSPS) is 28.8. The summed E-state index contributed by atoms with van der Waals surface area (Å²) in [5.41, 5.74) is 10.7. The maximum atomic E-state index is 12.4. The predicted molar refractivity (Wildman–Crippen MR) is 97.2 cm³/mol. The van der Waals surface area contributed by atoms with Crippen molar-refractivity contribution in [3.05, 3.63) is 53.1 Å². The highest BCUT2D eigenvalue weighted by Crippen LogP contribution is 2.29. The largest absolute Gasteiger partial charge is 0.391 e. The third-order valence-corrected chi connectivity index (χ3v) is 4.87. The van der Waals surface area contributed by atoms with Gasteiger partial charge in [-0.1, -0.05) is 29.8 Å². The van der Waals surface area contributed by atoms with Crippen molar-refractivity contribution in [2.45, 2.75) is 25.0 Å². The molecule has 1 amide bonds. The Balaban J connectivity index is 1.46. The number of nitrogens with one attached hydrogen (secondary N) is 1. The van der Waals surface area contributed by atoms with Gasteiger partial charge in [0, 0.05) is 29.7 Å². The third kappa shape index (κ3) is 3.33. The molecule has 3 N–H and O–H groups in total. The first kappa shape index (κ1) is 16.3. The molecule has 1 aromatic carbocycles. The van der Waals surface area contributed by atoms with E-state index < -0.39 is 0 Å². The molecule has 0 spiro atoms. The molecule has 2 aliphatic heterocycles. The topological polar surface area (TPSA) is 80.0 Å². The molecule has 4 rings (SSSR count). The second-order valence-corrected chi connectivity index (χ2v) is 6.87. The van der Waals surface area contributed by atoms with Gasteiger partial charge in [0.15, 0.2) is 6.17 Å². The van der Waals surface area contributed by atoms with Crippen LogP contribution in [0.2, 0.25) is 5.02 Å². The molecule has 0 radical (unpaired) electrons. The fraction of sp³-hybridized carbons (Fsp3) is 0.333. The lowest BCUT2D eigenvalue weighted by molar-refractivity contribution is -0.117. The predicted octanol–water partition coefficient (Wildman–Crippen LogP) is 2.17. The minimum absolute atomic E-state index is 0.0592. The smallest absolute Gasteiger partial charge is 0.227 e. The molecule has 7 heteroatoms. The molecule has 3 atom stereocenters. The minimum atomic E-state index is -0.238. The number of rotatable bonds is 3. The molecule has 1 aromatic rings. The van der Waals surface area contributed by atoms with Crippen molar-refractivity contribution in [3.63, 3.8) is 0 Å². The summed E-state index contributed by atoms with van der Waals surface area (Å²) in [6, 6.07) is 7.33. The number of hydrogen-bond acceptors (Lipinski definition) is 5. The quantitative estimate of drug-likeness (QED) is 0.867.